The van der Waals surface area contributed by atoms with E-state index in [0.29, 0.717) is 11.3 Å². The quantitative estimate of drug-likeness (QED) is 0.440. The molecule has 0 saturated carbocycles. The number of phenolic OH excluding ortho intramolecular Hbond substituents is 1. The normalized spacial score (nSPS) is 25.1. The third-order valence-corrected chi connectivity index (χ3v) is 5.61. The summed E-state index contributed by atoms with van der Waals surface area (Å²) >= 11 is 0. The van der Waals surface area contributed by atoms with Crippen molar-refractivity contribution in [1.29, 1.82) is 0 Å². The van der Waals surface area contributed by atoms with Gasteiger partial charge in [0.05, 0.1) is 25.9 Å². The number of hydrogen-bond donors (Lipinski definition) is 4. The van der Waals surface area contributed by atoms with Crippen LogP contribution >= 0.6 is 0 Å². The predicted molar refractivity (Wildman–Crippen MR) is 116 cm³/mol. The Kier molecular flexibility index (Phi) is 6.17. The molecule has 1 saturated heterocycles. The standard InChI is InChI=1S/C23H24O10/c1-10-17(24)20(27)21(28)23(32-10)33-15-8-14-16(19(26)22(15)30-3)18(25)12(9-31-14)11-6-4-5-7-13(11)29-2/h4-10,17,20-21,23-24,26-28H,1-3H3. The van der Waals surface area contributed by atoms with Gasteiger partial charge in [-0.15, -0.1) is 0 Å². The third kappa shape index (κ3) is 3.87. The van der Waals surface area contributed by atoms with Crippen molar-refractivity contribution in [3.8, 4) is 34.1 Å². The van der Waals surface area contributed by atoms with Crippen LogP contribution in [0.3, 0.4) is 0 Å². The highest BCUT2D eigenvalue weighted by Gasteiger charge is 2.43. The zero-order valence-corrected chi connectivity index (χ0v) is 18.1. The maximum Gasteiger partial charge on any atom is 0.229 e. The fourth-order valence-corrected chi connectivity index (χ4v) is 3.80. The number of methoxy groups -OCH3 is 2. The van der Waals surface area contributed by atoms with E-state index in [2.05, 4.69) is 0 Å². The second-order valence-corrected chi connectivity index (χ2v) is 7.61. The molecule has 176 valence electrons. The number of aliphatic hydroxyl groups excluding tert-OH is 3. The lowest BCUT2D eigenvalue weighted by atomic mass is 10.00. The second-order valence-electron chi connectivity index (χ2n) is 7.61. The lowest BCUT2D eigenvalue weighted by Gasteiger charge is -2.39. The van der Waals surface area contributed by atoms with E-state index < -0.39 is 41.9 Å². The van der Waals surface area contributed by atoms with E-state index in [1.54, 1.807) is 24.3 Å². The van der Waals surface area contributed by atoms with E-state index >= 15 is 0 Å². The van der Waals surface area contributed by atoms with E-state index in [9.17, 15) is 25.2 Å². The van der Waals surface area contributed by atoms with Crippen LogP contribution in [0.1, 0.15) is 6.92 Å². The van der Waals surface area contributed by atoms with Gasteiger partial charge in [0, 0.05) is 11.6 Å². The molecule has 0 aliphatic carbocycles. The Morgan fingerprint density at radius 1 is 0.939 bits per heavy atom. The molecule has 4 rings (SSSR count). The van der Waals surface area contributed by atoms with Crippen LogP contribution in [0.5, 0.6) is 23.0 Å². The number of ether oxygens (including phenoxy) is 4. The molecule has 2 aromatic carbocycles. The molecule has 10 nitrogen and oxygen atoms in total. The third-order valence-electron chi connectivity index (χ3n) is 5.61. The van der Waals surface area contributed by atoms with Crippen LogP contribution in [-0.2, 0) is 4.74 Å². The van der Waals surface area contributed by atoms with Gasteiger partial charge in [-0.1, -0.05) is 18.2 Å². The van der Waals surface area contributed by atoms with Crippen molar-refractivity contribution in [2.45, 2.75) is 37.6 Å². The summed E-state index contributed by atoms with van der Waals surface area (Å²) < 4.78 is 27.3. The zero-order valence-electron chi connectivity index (χ0n) is 18.1. The molecule has 0 amide bonds. The summed E-state index contributed by atoms with van der Waals surface area (Å²) in [5, 5.41) is 40.8. The monoisotopic (exact) mass is 460 g/mol. The first-order valence-corrected chi connectivity index (χ1v) is 10.1. The topological polar surface area (TPSA) is 148 Å². The maximum atomic E-state index is 13.3. The van der Waals surface area contributed by atoms with Crippen molar-refractivity contribution in [3.05, 3.63) is 46.8 Å². The van der Waals surface area contributed by atoms with Crippen molar-refractivity contribution in [2.24, 2.45) is 0 Å². The smallest absolute Gasteiger partial charge is 0.229 e. The van der Waals surface area contributed by atoms with E-state index in [1.807, 2.05) is 0 Å². The fourth-order valence-electron chi connectivity index (χ4n) is 3.80. The summed E-state index contributed by atoms with van der Waals surface area (Å²) in [5.74, 6) is -0.380. The Bertz CT molecular complexity index is 1220. The first-order valence-electron chi connectivity index (χ1n) is 10.1. The number of benzene rings is 2. The number of para-hydroxylation sites is 1. The van der Waals surface area contributed by atoms with Gasteiger partial charge in [-0.25, -0.2) is 0 Å². The Morgan fingerprint density at radius 2 is 1.67 bits per heavy atom. The van der Waals surface area contributed by atoms with Crippen LogP contribution in [0.4, 0.5) is 0 Å². The van der Waals surface area contributed by atoms with Gasteiger partial charge in [0.1, 0.15) is 41.3 Å². The van der Waals surface area contributed by atoms with Gasteiger partial charge in [-0.3, -0.25) is 4.79 Å². The summed E-state index contributed by atoms with van der Waals surface area (Å²) in [5.41, 5.74) is 0.118. The minimum Gasteiger partial charge on any atom is -0.504 e. The molecule has 3 aromatic rings. The van der Waals surface area contributed by atoms with E-state index in [-0.39, 0.29) is 28.0 Å². The lowest BCUT2D eigenvalue weighted by Crippen LogP contribution is -2.58. The molecule has 1 aromatic heterocycles. The first-order chi connectivity index (χ1) is 15.8. The highest BCUT2D eigenvalue weighted by atomic mass is 16.7. The van der Waals surface area contributed by atoms with Crippen LogP contribution in [0.2, 0.25) is 0 Å². The molecule has 1 aliphatic heterocycles. The van der Waals surface area contributed by atoms with E-state index in [1.165, 1.54) is 33.5 Å². The van der Waals surface area contributed by atoms with Crippen molar-refractivity contribution in [3.63, 3.8) is 0 Å². The van der Waals surface area contributed by atoms with Gasteiger partial charge in [0.2, 0.25) is 17.5 Å². The molecule has 4 N–H and O–H groups in total. The van der Waals surface area contributed by atoms with Crippen molar-refractivity contribution >= 4 is 11.0 Å². The van der Waals surface area contributed by atoms with Crippen molar-refractivity contribution in [1.82, 2.24) is 0 Å². The highest BCUT2D eigenvalue weighted by molar-refractivity contribution is 5.91. The summed E-state index contributed by atoms with van der Waals surface area (Å²) in [6, 6.07) is 8.18. The second kappa shape index (κ2) is 8.91. The average Bonchev–Trinajstić information content (AvgIpc) is 2.81. The summed E-state index contributed by atoms with van der Waals surface area (Å²) in [6.45, 7) is 1.50. The van der Waals surface area contributed by atoms with Crippen LogP contribution < -0.4 is 19.6 Å². The number of rotatable bonds is 5. The number of hydrogen-bond acceptors (Lipinski definition) is 10. The van der Waals surface area contributed by atoms with Gasteiger partial charge in [0.15, 0.2) is 11.5 Å². The number of fused-ring (bicyclic) bond motifs is 1. The molecule has 5 unspecified atom stereocenters. The average molecular weight is 460 g/mol. The Hall–Kier alpha value is -3.31. The van der Waals surface area contributed by atoms with Crippen LogP contribution in [0, 0.1) is 0 Å². The van der Waals surface area contributed by atoms with E-state index in [4.69, 9.17) is 23.4 Å². The number of phenols is 1. The molecule has 1 fully saturated rings. The Balaban J connectivity index is 1.81. The maximum absolute atomic E-state index is 13.3. The van der Waals surface area contributed by atoms with E-state index in [0.717, 1.165) is 0 Å². The van der Waals surface area contributed by atoms with Gasteiger partial charge in [-0.2, -0.15) is 0 Å². The molecule has 10 heteroatoms. The summed E-state index contributed by atoms with van der Waals surface area (Å²) in [4.78, 5) is 13.3. The molecular weight excluding hydrogens is 436 g/mol. The Labute approximate surface area is 188 Å². The molecule has 2 heterocycles. The number of aromatic hydroxyl groups is 1. The SMILES string of the molecule is COc1ccccc1-c1coc2cc(OC3OC(C)C(O)C(O)C3O)c(OC)c(O)c2c1=O. The molecule has 0 spiro atoms. The van der Waals surface area contributed by atoms with Gasteiger partial charge in [-0.05, 0) is 13.0 Å². The largest absolute Gasteiger partial charge is 0.504 e. The predicted octanol–water partition coefficient (Wildman–Crippen LogP) is 1.39. The van der Waals surface area contributed by atoms with Crippen molar-refractivity contribution in [2.75, 3.05) is 14.2 Å². The summed E-state index contributed by atoms with van der Waals surface area (Å²) in [7, 11) is 2.74. The van der Waals surface area contributed by atoms with Gasteiger partial charge < -0.3 is 43.8 Å². The molecule has 5 atom stereocenters. The molecule has 1 aliphatic rings. The zero-order chi connectivity index (χ0) is 23.9. The lowest BCUT2D eigenvalue weighted by molar-refractivity contribution is -0.268. The summed E-state index contributed by atoms with van der Waals surface area (Å²) in [6.07, 6.45) is -5.39. The number of aliphatic hydroxyl groups is 3. The van der Waals surface area contributed by atoms with Crippen LogP contribution in [-0.4, -0.2) is 65.4 Å². The highest BCUT2D eigenvalue weighted by Crippen LogP contribution is 2.43. The molecule has 0 bridgehead atoms. The van der Waals surface area contributed by atoms with Gasteiger partial charge in [0.25, 0.3) is 0 Å². The minimum atomic E-state index is -1.58. The fraction of sp³-hybridized carbons (Fsp3) is 0.348. The molecule has 0 radical (unpaired) electrons. The molecule has 33 heavy (non-hydrogen) atoms. The van der Waals surface area contributed by atoms with Crippen molar-refractivity contribution < 1.29 is 43.8 Å². The molecular formula is C23H24O10. The first kappa shape index (κ1) is 22.9. The minimum absolute atomic E-state index is 0.00845. The van der Waals surface area contributed by atoms with Gasteiger partial charge >= 0.3 is 0 Å². The van der Waals surface area contributed by atoms with Crippen LogP contribution in [0.25, 0.3) is 22.1 Å². The Morgan fingerprint density at radius 3 is 2.36 bits per heavy atom. The van der Waals surface area contributed by atoms with Crippen LogP contribution in [0.15, 0.2) is 45.8 Å².